The molecule has 0 radical (unpaired) electrons. The van der Waals surface area contributed by atoms with Gasteiger partial charge in [0.25, 0.3) is 0 Å². The van der Waals surface area contributed by atoms with E-state index in [0.29, 0.717) is 5.02 Å². The highest BCUT2D eigenvalue weighted by Gasteiger charge is 2.28. The fourth-order valence-corrected chi connectivity index (χ4v) is 2.29. The molecular weight excluding hydrogens is 242 g/mol. The van der Waals surface area contributed by atoms with Crippen molar-refractivity contribution in [3.8, 4) is 5.75 Å². The van der Waals surface area contributed by atoms with Crippen LogP contribution in [0.1, 0.15) is 12.0 Å². The average molecular weight is 256 g/mol. The first-order valence-corrected chi connectivity index (χ1v) is 5.84. The molecule has 17 heavy (non-hydrogen) atoms. The molecule has 4 nitrogen and oxygen atoms in total. The summed E-state index contributed by atoms with van der Waals surface area (Å²) in [5.41, 5.74) is 1.03. The van der Waals surface area contributed by atoms with Gasteiger partial charge in [0.2, 0.25) is 0 Å². The summed E-state index contributed by atoms with van der Waals surface area (Å²) in [5.74, 6) is -0.384. The monoisotopic (exact) mass is 255 g/mol. The second-order valence-electron chi connectivity index (χ2n) is 4.44. The fourth-order valence-electron chi connectivity index (χ4n) is 2.09. The highest BCUT2D eigenvalue weighted by atomic mass is 35.5. The molecule has 1 aromatic rings. The maximum atomic E-state index is 10.5. The summed E-state index contributed by atoms with van der Waals surface area (Å²) in [5, 5.41) is 18.3. The summed E-state index contributed by atoms with van der Waals surface area (Å²) in [6, 6.07) is 5.14. The topological polar surface area (TPSA) is 60.8 Å². The number of hydrogen-bond donors (Lipinski definition) is 2. The molecule has 1 aliphatic heterocycles. The number of hydrogen-bond acceptors (Lipinski definition) is 3. The molecule has 0 atom stereocenters. The van der Waals surface area contributed by atoms with E-state index in [0.717, 1.165) is 25.2 Å². The molecule has 92 valence electrons. The minimum Gasteiger partial charge on any atom is -0.506 e. The third kappa shape index (κ3) is 3.11. The molecule has 1 aliphatic rings. The molecule has 5 heteroatoms. The van der Waals surface area contributed by atoms with Crippen LogP contribution in [0.4, 0.5) is 0 Å². The molecular formula is C12H14ClNO3. The highest BCUT2D eigenvalue weighted by molar-refractivity contribution is 6.32. The normalized spacial score (nSPS) is 16.8. The van der Waals surface area contributed by atoms with Gasteiger partial charge in [0, 0.05) is 19.6 Å². The van der Waals surface area contributed by atoms with Crippen LogP contribution in [0.25, 0.3) is 0 Å². The van der Waals surface area contributed by atoms with Crippen molar-refractivity contribution in [2.75, 3.05) is 13.1 Å². The van der Waals surface area contributed by atoms with Crippen molar-refractivity contribution in [3.05, 3.63) is 28.8 Å². The quantitative estimate of drug-likeness (QED) is 0.863. The van der Waals surface area contributed by atoms with E-state index in [1.54, 1.807) is 12.1 Å². The lowest BCUT2D eigenvalue weighted by Crippen LogP contribution is -2.46. The van der Waals surface area contributed by atoms with Crippen LogP contribution in [0.15, 0.2) is 18.2 Å². The molecule has 0 saturated carbocycles. The summed E-state index contributed by atoms with van der Waals surface area (Å²) < 4.78 is 0. The first-order chi connectivity index (χ1) is 8.04. The van der Waals surface area contributed by atoms with Gasteiger partial charge in [-0.1, -0.05) is 17.7 Å². The van der Waals surface area contributed by atoms with E-state index in [4.69, 9.17) is 16.7 Å². The number of likely N-dealkylation sites (tertiary alicyclic amines) is 1. The largest absolute Gasteiger partial charge is 0.506 e. The summed E-state index contributed by atoms with van der Waals surface area (Å²) in [6.45, 7) is 2.37. The first kappa shape index (κ1) is 12.2. The number of aliphatic carboxylic acids is 1. The number of benzene rings is 1. The van der Waals surface area contributed by atoms with Gasteiger partial charge < -0.3 is 10.2 Å². The van der Waals surface area contributed by atoms with Gasteiger partial charge in [-0.25, -0.2) is 0 Å². The molecule has 0 aromatic heterocycles. The molecule has 1 saturated heterocycles. The molecule has 0 unspecified atom stereocenters. The van der Waals surface area contributed by atoms with Crippen molar-refractivity contribution in [2.45, 2.75) is 13.0 Å². The predicted molar refractivity (Wildman–Crippen MR) is 64.1 cm³/mol. The van der Waals surface area contributed by atoms with E-state index in [-0.39, 0.29) is 18.1 Å². The zero-order valence-corrected chi connectivity index (χ0v) is 10.0. The van der Waals surface area contributed by atoms with Gasteiger partial charge in [-0.05, 0) is 23.6 Å². The number of carboxylic acids is 1. The van der Waals surface area contributed by atoms with Crippen LogP contribution in [-0.2, 0) is 11.3 Å². The Labute approximate surface area is 104 Å². The van der Waals surface area contributed by atoms with Crippen molar-refractivity contribution in [1.82, 2.24) is 4.90 Å². The van der Waals surface area contributed by atoms with Crippen LogP contribution >= 0.6 is 11.6 Å². The molecule has 0 spiro atoms. The van der Waals surface area contributed by atoms with Crippen LogP contribution in [0, 0.1) is 5.92 Å². The number of carbonyl (C=O) groups is 1. The van der Waals surface area contributed by atoms with E-state index in [1.165, 1.54) is 0 Å². The Morgan fingerprint density at radius 3 is 2.76 bits per heavy atom. The van der Waals surface area contributed by atoms with Crippen molar-refractivity contribution < 1.29 is 15.0 Å². The standard InChI is InChI=1S/C12H14ClNO3/c13-10-3-8(1-2-11(10)15)5-14-6-9(7-14)4-12(16)17/h1-3,9,15H,4-7H2,(H,16,17). The zero-order chi connectivity index (χ0) is 12.4. The van der Waals surface area contributed by atoms with E-state index in [1.807, 2.05) is 6.07 Å². The third-order valence-electron chi connectivity index (χ3n) is 2.91. The number of halogens is 1. The smallest absolute Gasteiger partial charge is 0.303 e. The van der Waals surface area contributed by atoms with Crippen LogP contribution in [-0.4, -0.2) is 34.2 Å². The first-order valence-electron chi connectivity index (χ1n) is 5.46. The van der Waals surface area contributed by atoms with Gasteiger partial charge in [0.15, 0.2) is 0 Å². The maximum absolute atomic E-state index is 10.5. The molecule has 0 amide bonds. The minimum atomic E-state index is -0.734. The number of rotatable bonds is 4. The number of aromatic hydroxyl groups is 1. The van der Waals surface area contributed by atoms with Gasteiger partial charge >= 0.3 is 5.97 Å². The summed E-state index contributed by atoms with van der Waals surface area (Å²) in [7, 11) is 0. The van der Waals surface area contributed by atoms with Gasteiger partial charge in [-0.15, -0.1) is 0 Å². The molecule has 2 N–H and O–H groups in total. The van der Waals surface area contributed by atoms with Crippen LogP contribution in [0.5, 0.6) is 5.75 Å². The SMILES string of the molecule is O=C(O)CC1CN(Cc2ccc(O)c(Cl)c2)C1. The van der Waals surface area contributed by atoms with E-state index >= 15 is 0 Å². The minimum absolute atomic E-state index is 0.0859. The molecule has 0 bridgehead atoms. The van der Waals surface area contributed by atoms with Gasteiger partial charge in [-0.2, -0.15) is 0 Å². The molecule has 0 aliphatic carbocycles. The third-order valence-corrected chi connectivity index (χ3v) is 3.22. The van der Waals surface area contributed by atoms with Crippen LogP contribution < -0.4 is 0 Å². The van der Waals surface area contributed by atoms with Crippen molar-refractivity contribution >= 4 is 17.6 Å². The zero-order valence-electron chi connectivity index (χ0n) is 9.27. The Balaban J connectivity index is 1.83. The van der Waals surface area contributed by atoms with E-state index in [9.17, 15) is 9.90 Å². The number of phenols is 1. The van der Waals surface area contributed by atoms with E-state index < -0.39 is 5.97 Å². The lowest BCUT2D eigenvalue weighted by atomic mass is 9.96. The highest BCUT2D eigenvalue weighted by Crippen LogP contribution is 2.26. The Hall–Kier alpha value is -1.26. The van der Waals surface area contributed by atoms with Crippen LogP contribution in [0.3, 0.4) is 0 Å². The lowest BCUT2D eigenvalue weighted by molar-refractivity contribution is -0.139. The number of nitrogens with zero attached hydrogens (tertiary/aromatic N) is 1. The molecule has 1 aromatic carbocycles. The average Bonchev–Trinajstić information content (AvgIpc) is 2.19. The molecule has 2 rings (SSSR count). The summed E-state index contributed by atoms with van der Waals surface area (Å²) in [4.78, 5) is 12.6. The summed E-state index contributed by atoms with van der Waals surface area (Å²) >= 11 is 5.81. The second kappa shape index (κ2) is 4.94. The predicted octanol–water partition coefficient (Wildman–Crippen LogP) is 1.95. The number of phenolic OH excluding ortho intramolecular Hbond substituents is 1. The van der Waals surface area contributed by atoms with Crippen LogP contribution in [0.2, 0.25) is 5.02 Å². The Bertz CT molecular complexity index is 430. The Kier molecular flexibility index (Phi) is 3.54. The van der Waals surface area contributed by atoms with Gasteiger partial charge in [-0.3, -0.25) is 9.69 Å². The fraction of sp³-hybridized carbons (Fsp3) is 0.417. The Morgan fingerprint density at radius 1 is 1.47 bits per heavy atom. The van der Waals surface area contributed by atoms with Gasteiger partial charge in [0.1, 0.15) is 5.75 Å². The van der Waals surface area contributed by atoms with Crippen molar-refractivity contribution in [2.24, 2.45) is 5.92 Å². The summed E-state index contributed by atoms with van der Waals surface area (Å²) in [6.07, 6.45) is 0.243. The van der Waals surface area contributed by atoms with E-state index in [2.05, 4.69) is 4.90 Å². The molecule has 1 heterocycles. The maximum Gasteiger partial charge on any atom is 0.303 e. The number of carboxylic acid groups (broad SMARTS) is 1. The second-order valence-corrected chi connectivity index (χ2v) is 4.85. The molecule has 1 fully saturated rings. The Morgan fingerprint density at radius 2 is 2.18 bits per heavy atom. The van der Waals surface area contributed by atoms with Crippen molar-refractivity contribution in [3.63, 3.8) is 0 Å². The van der Waals surface area contributed by atoms with Crippen molar-refractivity contribution in [1.29, 1.82) is 0 Å². The lowest BCUT2D eigenvalue weighted by Gasteiger charge is -2.38. The van der Waals surface area contributed by atoms with Gasteiger partial charge in [0.05, 0.1) is 11.4 Å².